The first-order chi connectivity index (χ1) is 12.6. The van der Waals surface area contributed by atoms with Gasteiger partial charge in [-0.15, -0.1) is 0 Å². The van der Waals surface area contributed by atoms with Gasteiger partial charge in [0, 0.05) is 30.3 Å². The molecule has 1 amide bonds. The van der Waals surface area contributed by atoms with Crippen molar-refractivity contribution >= 4 is 5.91 Å². The van der Waals surface area contributed by atoms with Crippen LogP contribution >= 0.6 is 0 Å². The Morgan fingerprint density at radius 1 is 1.19 bits per heavy atom. The molecular formula is C21H28N4O. The van der Waals surface area contributed by atoms with Crippen LogP contribution in [0.15, 0.2) is 30.3 Å². The number of nitrogens with zero attached hydrogens (tertiary/aromatic N) is 3. The topological polar surface area (TPSA) is 64.2 Å². The van der Waals surface area contributed by atoms with Crippen molar-refractivity contribution in [1.82, 2.24) is 14.7 Å². The van der Waals surface area contributed by atoms with Gasteiger partial charge >= 0.3 is 0 Å². The van der Waals surface area contributed by atoms with Crippen LogP contribution in [0.5, 0.6) is 0 Å². The molecule has 2 aliphatic rings. The van der Waals surface area contributed by atoms with E-state index in [0.717, 1.165) is 56.3 Å². The van der Waals surface area contributed by atoms with Crippen LogP contribution in [-0.4, -0.2) is 40.7 Å². The lowest BCUT2D eigenvalue weighted by Gasteiger charge is -2.22. The summed E-state index contributed by atoms with van der Waals surface area (Å²) in [4.78, 5) is 15.0. The molecule has 5 heteroatoms. The first-order valence-corrected chi connectivity index (χ1v) is 9.75. The predicted octanol–water partition coefficient (Wildman–Crippen LogP) is 2.95. The van der Waals surface area contributed by atoms with Gasteiger partial charge in [0.15, 0.2) is 5.69 Å². The van der Waals surface area contributed by atoms with E-state index >= 15 is 0 Å². The second-order valence-corrected chi connectivity index (χ2v) is 7.95. The molecule has 0 spiro atoms. The number of carbonyl (C=O) groups excluding carboxylic acids is 1. The summed E-state index contributed by atoms with van der Waals surface area (Å²) >= 11 is 0. The maximum absolute atomic E-state index is 13.2. The summed E-state index contributed by atoms with van der Waals surface area (Å²) in [5.41, 5.74) is 10.1. The summed E-state index contributed by atoms with van der Waals surface area (Å²) in [6.07, 6.45) is 7.67. The van der Waals surface area contributed by atoms with Gasteiger partial charge in [0.1, 0.15) is 0 Å². The smallest absolute Gasteiger partial charge is 0.274 e. The highest BCUT2D eigenvalue weighted by Gasteiger charge is 2.43. The van der Waals surface area contributed by atoms with Gasteiger partial charge in [-0.05, 0) is 57.2 Å². The van der Waals surface area contributed by atoms with E-state index in [-0.39, 0.29) is 11.3 Å². The standard InChI is InChI=1S/C21H28N4O/c1-24(15-21(14-22)12-13-21)20(26)19-17-10-6-3-7-11-18(17)25(23-19)16-8-4-2-5-9-16/h2,4-5,8-9H,3,6-7,10-15,22H2,1H3. The monoisotopic (exact) mass is 352 g/mol. The Kier molecular flexibility index (Phi) is 4.57. The summed E-state index contributed by atoms with van der Waals surface area (Å²) < 4.78 is 2.00. The Hall–Kier alpha value is -2.14. The molecule has 0 aliphatic heterocycles. The zero-order valence-corrected chi connectivity index (χ0v) is 15.6. The van der Waals surface area contributed by atoms with E-state index in [1.165, 1.54) is 12.1 Å². The number of carbonyl (C=O) groups is 1. The lowest BCUT2D eigenvalue weighted by molar-refractivity contribution is 0.0759. The molecule has 2 N–H and O–H groups in total. The van der Waals surface area contributed by atoms with Crippen molar-refractivity contribution in [2.75, 3.05) is 20.1 Å². The second-order valence-electron chi connectivity index (χ2n) is 7.95. The first-order valence-electron chi connectivity index (χ1n) is 9.75. The van der Waals surface area contributed by atoms with Gasteiger partial charge in [-0.25, -0.2) is 4.68 Å². The van der Waals surface area contributed by atoms with E-state index in [1.54, 1.807) is 0 Å². The van der Waals surface area contributed by atoms with Gasteiger partial charge in [0.05, 0.1) is 5.69 Å². The van der Waals surface area contributed by atoms with Crippen LogP contribution in [0, 0.1) is 5.41 Å². The minimum absolute atomic E-state index is 0.0394. The lowest BCUT2D eigenvalue weighted by Crippen LogP contribution is -2.36. The number of rotatable bonds is 5. The number of hydrogen-bond acceptors (Lipinski definition) is 3. The molecule has 2 aliphatic carbocycles. The van der Waals surface area contributed by atoms with Crippen molar-refractivity contribution in [1.29, 1.82) is 0 Å². The van der Waals surface area contributed by atoms with Crippen molar-refractivity contribution < 1.29 is 4.79 Å². The SMILES string of the molecule is CN(CC1(CN)CC1)C(=O)c1nn(-c2ccccc2)c2c1CCCCC2. The number of fused-ring (bicyclic) bond motifs is 1. The molecule has 0 bridgehead atoms. The van der Waals surface area contributed by atoms with Crippen LogP contribution in [-0.2, 0) is 12.8 Å². The normalized spacial score (nSPS) is 18.1. The molecule has 0 saturated heterocycles. The molecular weight excluding hydrogens is 324 g/mol. The van der Waals surface area contributed by atoms with Gasteiger partial charge in [-0.3, -0.25) is 4.79 Å². The summed E-state index contributed by atoms with van der Waals surface area (Å²) in [6, 6.07) is 10.2. The van der Waals surface area contributed by atoms with Crippen LogP contribution in [0.4, 0.5) is 0 Å². The van der Waals surface area contributed by atoms with Crippen molar-refractivity contribution in [2.24, 2.45) is 11.1 Å². The van der Waals surface area contributed by atoms with Crippen LogP contribution in [0.25, 0.3) is 5.69 Å². The largest absolute Gasteiger partial charge is 0.340 e. The maximum Gasteiger partial charge on any atom is 0.274 e. The Balaban J connectivity index is 1.69. The fourth-order valence-electron chi connectivity index (χ4n) is 4.09. The van der Waals surface area contributed by atoms with E-state index in [4.69, 9.17) is 10.8 Å². The number of amides is 1. The van der Waals surface area contributed by atoms with E-state index in [2.05, 4.69) is 12.1 Å². The average molecular weight is 352 g/mol. The fraction of sp³-hybridized carbons (Fsp3) is 0.524. The van der Waals surface area contributed by atoms with E-state index in [9.17, 15) is 4.79 Å². The molecule has 5 nitrogen and oxygen atoms in total. The predicted molar refractivity (Wildman–Crippen MR) is 103 cm³/mol. The van der Waals surface area contributed by atoms with Crippen molar-refractivity contribution in [3.8, 4) is 5.69 Å². The quantitative estimate of drug-likeness (QED) is 0.842. The van der Waals surface area contributed by atoms with Crippen molar-refractivity contribution in [3.05, 3.63) is 47.3 Å². The van der Waals surface area contributed by atoms with E-state index in [1.807, 2.05) is 34.8 Å². The van der Waals surface area contributed by atoms with Gasteiger partial charge in [-0.1, -0.05) is 24.6 Å². The molecule has 0 unspecified atom stereocenters. The summed E-state index contributed by atoms with van der Waals surface area (Å²) in [7, 11) is 1.89. The third-order valence-corrected chi connectivity index (χ3v) is 5.94. The van der Waals surface area contributed by atoms with Crippen molar-refractivity contribution in [2.45, 2.75) is 44.9 Å². The Labute approximate surface area is 155 Å². The fourth-order valence-corrected chi connectivity index (χ4v) is 4.09. The molecule has 1 aromatic carbocycles. The molecule has 26 heavy (non-hydrogen) atoms. The Morgan fingerprint density at radius 3 is 2.62 bits per heavy atom. The molecule has 0 radical (unpaired) electrons. The number of aromatic nitrogens is 2. The Morgan fingerprint density at radius 2 is 1.92 bits per heavy atom. The van der Waals surface area contributed by atoms with Crippen LogP contribution in [0.3, 0.4) is 0 Å². The highest BCUT2D eigenvalue weighted by molar-refractivity contribution is 5.94. The van der Waals surface area contributed by atoms with Gasteiger partial charge < -0.3 is 10.6 Å². The number of nitrogens with two attached hydrogens (primary N) is 1. The minimum atomic E-state index is 0.0394. The first kappa shape index (κ1) is 17.3. The molecule has 0 atom stereocenters. The zero-order chi connectivity index (χ0) is 18.1. The maximum atomic E-state index is 13.2. The summed E-state index contributed by atoms with van der Waals surface area (Å²) in [5, 5.41) is 4.80. The van der Waals surface area contributed by atoms with Crippen LogP contribution in [0.2, 0.25) is 0 Å². The van der Waals surface area contributed by atoms with Crippen molar-refractivity contribution in [3.63, 3.8) is 0 Å². The molecule has 1 saturated carbocycles. The van der Waals surface area contributed by atoms with E-state index in [0.29, 0.717) is 12.2 Å². The Bertz CT molecular complexity index is 792. The summed E-state index contributed by atoms with van der Waals surface area (Å²) in [6.45, 7) is 1.39. The van der Waals surface area contributed by atoms with Gasteiger partial charge in [-0.2, -0.15) is 5.10 Å². The molecule has 1 fully saturated rings. The molecule has 4 rings (SSSR count). The molecule has 138 valence electrons. The number of hydrogen-bond donors (Lipinski definition) is 1. The average Bonchev–Trinajstić information content (AvgIpc) is 3.41. The van der Waals surface area contributed by atoms with Gasteiger partial charge in [0.25, 0.3) is 5.91 Å². The highest BCUT2D eigenvalue weighted by Crippen LogP contribution is 2.45. The molecule has 1 heterocycles. The number of para-hydroxylation sites is 1. The third kappa shape index (κ3) is 3.16. The minimum Gasteiger partial charge on any atom is -0.340 e. The highest BCUT2D eigenvalue weighted by atomic mass is 16.2. The molecule has 2 aromatic rings. The van der Waals surface area contributed by atoms with Crippen LogP contribution in [0.1, 0.15) is 53.8 Å². The number of benzene rings is 1. The summed E-state index contributed by atoms with van der Waals surface area (Å²) in [5.74, 6) is 0.0394. The van der Waals surface area contributed by atoms with E-state index < -0.39 is 0 Å². The second kappa shape index (κ2) is 6.88. The molecule has 1 aromatic heterocycles. The third-order valence-electron chi connectivity index (χ3n) is 5.94. The zero-order valence-electron chi connectivity index (χ0n) is 15.6. The van der Waals surface area contributed by atoms with Crippen LogP contribution < -0.4 is 5.73 Å². The van der Waals surface area contributed by atoms with Gasteiger partial charge in [0.2, 0.25) is 0 Å². The lowest BCUT2D eigenvalue weighted by atomic mass is 10.0.